The molecular formula is C10H18N2O2. The van der Waals surface area contributed by atoms with E-state index in [4.69, 9.17) is 4.74 Å². The molecule has 0 saturated carbocycles. The Morgan fingerprint density at radius 1 is 1.50 bits per heavy atom. The molecule has 1 N–H and O–H groups in total. The van der Waals surface area contributed by atoms with Crippen LogP contribution in [0.25, 0.3) is 0 Å². The van der Waals surface area contributed by atoms with E-state index in [2.05, 4.69) is 5.32 Å². The molecule has 4 nitrogen and oxygen atoms in total. The molecule has 3 aliphatic heterocycles. The quantitative estimate of drug-likeness (QED) is 0.678. The smallest absolute Gasteiger partial charge is 0.410 e. The van der Waals surface area contributed by atoms with E-state index in [1.165, 1.54) is 6.42 Å². The number of piperidine rings is 1. The van der Waals surface area contributed by atoms with Crippen LogP contribution < -0.4 is 5.32 Å². The van der Waals surface area contributed by atoms with Gasteiger partial charge in [0.25, 0.3) is 0 Å². The molecule has 2 unspecified atom stereocenters. The number of hydrogen-bond acceptors (Lipinski definition) is 3. The van der Waals surface area contributed by atoms with E-state index in [-0.39, 0.29) is 6.09 Å². The van der Waals surface area contributed by atoms with Crippen molar-refractivity contribution in [2.75, 3.05) is 26.2 Å². The molecule has 4 heteroatoms. The van der Waals surface area contributed by atoms with Crippen LogP contribution in [0, 0.1) is 5.92 Å². The highest BCUT2D eigenvalue weighted by atomic mass is 16.6. The van der Waals surface area contributed by atoms with E-state index in [0.29, 0.717) is 18.6 Å². The van der Waals surface area contributed by atoms with E-state index < -0.39 is 0 Å². The van der Waals surface area contributed by atoms with Gasteiger partial charge in [-0.25, -0.2) is 4.79 Å². The molecule has 2 atom stereocenters. The number of fused-ring (bicyclic) bond motifs is 4. The van der Waals surface area contributed by atoms with Crippen LogP contribution in [0.1, 0.15) is 19.8 Å². The van der Waals surface area contributed by atoms with Crippen molar-refractivity contribution in [3.05, 3.63) is 0 Å². The second-order valence-corrected chi connectivity index (χ2v) is 4.11. The van der Waals surface area contributed by atoms with Crippen molar-refractivity contribution in [2.24, 2.45) is 5.92 Å². The van der Waals surface area contributed by atoms with Crippen molar-refractivity contribution in [3.63, 3.8) is 0 Å². The van der Waals surface area contributed by atoms with E-state index in [9.17, 15) is 4.79 Å². The number of carbonyl (C=O) groups excluding carboxylic acids is 1. The predicted octanol–water partition coefficient (Wildman–Crippen LogP) is 0.827. The van der Waals surface area contributed by atoms with Gasteiger partial charge in [0.2, 0.25) is 0 Å². The lowest BCUT2D eigenvalue weighted by Gasteiger charge is -2.35. The first-order valence-corrected chi connectivity index (χ1v) is 5.45. The summed E-state index contributed by atoms with van der Waals surface area (Å²) in [5.41, 5.74) is 0. The molecule has 0 spiro atoms. The van der Waals surface area contributed by atoms with Crippen molar-refractivity contribution in [1.29, 1.82) is 0 Å². The monoisotopic (exact) mass is 198 g/mol. The van der Waals surface area contributed by atoms with Crippen LogP contribution in [0.4, 0.5) is 4.79 Å². The molecule has 0 aromatic carbocycles. The number of carbonyl (C=O) groups is 1. The Balaban J connectivity index is 2.01. The fourth-order valence-corrected chi connectivity index (χ4v) is 2.37. The molecule has 0 aliphatic carbocycles. The van der Waals surface area contributed by atoms with E-state index in [1.807, 2.05) is 11.8 Å². The van der Waals surface area contributed by atoms with E-state index in [0.717, 1.165) is 26.1 Å². The summed E-state index contributed by atoms with van der Waals surface area (Å²) in [5, 5.41) is 3.39. The topological polar surface area (TPSA) is 41.6 Å². The molecule has 1 amide bonds. The Bertz CT molecular complexity index is 216. The second-order valence-electron chi connectivity index (χ2n) is 4.11. The van der Waals surface area contributed by atoms with Crippen molar-refractivity contribution >= 4 is 6.09 Å². The Labute approximate surface area is 84.6 Å². The molecular weight excluding hydrogens is 180 g/mol. The summed E-state index contributed by atoms with van der Waals surface area (Å²) in [7, 11) is 0. The van der Waals surface area contributed by atoms with Gasteiger partial charge in [-0.2, -0.15) is 0 Å². The minimum Gasteiger partial charge on any atom is -0.450 e. The lowest BCUT2D eigenvalue weighted by atomic mass is 9.95. The fraction of sp³-hybridized carbons (Fsp3) is 0.900. The summed E-state index contributed by atoms with van der Waals surface area (Å²) >= 11 is 0. The van der Waals surface area contributed by atoms with Crippen molar-refractivity contribution in [1.82, 2.24) is 10.2 Å². The van der Waals surface area contributed by atoms with E-state index in [1.54, 1.807) is 0 Å². The summed E-state index contributed by atoms with van der Waals surface area (Å²) in [5.74, 6) is 0.623. The molecule has 3 fully saturated rings. The Morgan fingerprint density at radius 2 is 2.36 bits per heavy atom. The minimum absolute atomic E-state index is 0.133. The second kappa shape index (κ2) is 4.17. The number of hydrogen-bond donors (Lipinski definition) is 1. The summed E-state index contributed by atoms with van der Waals surface area (Å²) in [6, 6.07) is 0.354. The van der Waals surface area contributed by atoms with Gasteiger partial charge in [0, 0.05) is 19.1 Å². The molecule has 3 heterocycles. The van der Waals surface area contributed by atoms with Crippen LogP contribution in [-0.2, 0) is 4.74 Å². The van der Waals surface area contributed by atoms with E-state index >= 15 is 0 Å². The van der Waals surface area contributed by atoms with Crippen LogP contribution in [-0.4, -0.2) is 43.3 Å². The maximum absolute atomic E-state index is 11.6. The first kappa shape index (κ1) is 9.77. The number of nitrogens with zero attached hydrogens (tertiary/aromatic N) is 1. The van der Waals surface area contributed by atoms with Gasteiger partial charge in [-0.15, -0.1) is 0 Å². The van der Waals surface area contributed by atoms with Gasteiger partial charge >= 0.3 is 6.09 Å². The zero-order valence-corrected chi connectivity index (χ0v) is 8.66. The third kappa shape index (κ3) is 1.85. The van der Waals surface area contributed by atoms with Crippen LogP contribution in [0.15, 0.2) is 0 Å². The van der Waals surface area contributed by atoms with Crippen LogP contribution in [0.2, 0.25) is 0 Å². The van der Waals surface area contributed by atoms with Crippen molar-refractivity contribution in [3.8, 4) is 0 Å². The standard InChI is InChI=1S/C10H18N2O2/c1-2-14-10(13)12-7-8-3-4-9(12)6-11-5-8/h8-9,11H,2-7H2,1H3. The first-order chi connectivity index (χ1) is 6.81. The zero-order valence-electron chi connectivity index (χ0n) is 8.66. The molecule has 0 aromatic rings. The Hall–Kier alpha value is -0.770. The molecule has 3 rings (SSSR count). The van der Waals surface area contributed by atoms with Crippen LogP contribution in [0.5, 0.6) is 0 Å². The number of ether oxygens (including phenoxy) is 1. The zero-order chi connectivity index (χ0) is 9.97. The van der Waals surface area contributed by atoms with Gasteiger partial charge < -0.3 is 15.0 Å². The average Bonchev–Trinajstić information content (AvgIpc) is 2.52. The molecule has 2 bridgehead atoms. The average molecular weight is 198 g/mol. The van der Waals surface area contributed by atoms with Gasteiger partial charge in [-0.05, 0) is 32.2 Å². The summed E-state index contributed by atoms with van der Waals surface area (Å²) < 4.78 is 5.05. The van der Waals surface area contributed by atoms with Gasteiger partial charge in [-0.3, -0.25) is 0 Å². The molecule has 3 saturated heterocycles. The maximum Gasteiger partial charge on any atom is 0.410 e. The van der Waals surface area contributed by atoms with Crippen molar-refractivity contribution < 1.29 is 9.53 Å². The third-order valence-electron chi connectivity index (χ3n) is 3.12. The summed E-state index contributed by atoms with van der Waals surface area (Å²) in [6.45, 7) is 5.17. The lowest BCUT2D eigenvalue weighted by Crippen LogP contribution is -2.47. The lowest BCUT2D eigenvalue weighted by molar-refractivity contribution is 0.0725. The third-order valence-corrected chi connectivity index (χ3v) is 3.12. The fourth-order valence-electron chi connectivity index (χ4n) is 2.37. The Morgan fingerprint density at radius 3 is 3.14 bits per heavy atom. The first-order valence-electron chi connectivity index (χ1n) is 5.45. The number of rotatable bonds is 1. The number of amides is 1. The molecule has 0 radical (unpaired) electrons. The summed E-state index contributed by atoms with van der Waals surface area (Å²) in [6.07, 6.45) is 2.23. The van der Waals surface area contributed by atoms with Gasteiger partial charge in [0.15, 0.2) is 0 Å². The van der Waals surface area contributed by atoms with Crippen molar-refractivity contribution in [2.45, 2.75) is 25.8 Å². The summed E-state index contributed by atoms with van der Waals surface area (Å²) in [4.78, 5) is 13.5. The highest BCUT2D eigenvalue weighted by Crippen LogP contribution is 2.24. The minimum atomic E-state index is -0.133. The molecule has 0 aromatic heterocycles. The van der Waals surface area contributed by atoms with Crippen LogP contribution in [0.3, 0.4) is 0 Å². The number of nitrogens with one attached hydrogen (secondary N) is 1. The van der Waals surface area contributed by atoms with Gasteiger partial charge in [-0.1, -0.05) is 0 Å². The molecule has 3 aliphatic rings. The normalized spacial score (nSPS) is 31.4. The molecule has 80 valence electrons. The maximum atomic E-state index is 11.6. The highest BCUT2D eigenvalue weighted by Gasteiger charge is 2.34. The highest BCUT2D eigenvalue weighted by molar-refractivity contribution is 5.68. The Kier molecular flexibility index (Phi) is 2.91. The van der Waals surface area contributed by atoms with Crippen LogP contribution >= 0.6 is 0 Å². The SMILES string of the molecule is CCOC(=O)N1CC2CCC1CNC2. The largest absolute Gasteiger partial charge is 0.450 e. The predicted molar refractivity (Wildman–Crippen MR) is 53.1 cm³/mol. The molecule has 14 heavy (non-hydrogen) atoms. The van der Waals surface area contributed by atoms with Gasteiger partial charge in [0.1, 0.15) is 0 Å². The van der Waals surface area contributed by atoms with Gasteiger partial charge in [0.05, 0.1) is 6.61 Å².